The highest BCUT2D eigenvalue weighted by molar-refractivity contribution is 8.13. The highest BCUT2D eigenvalue weighted by Gasteiger charge is 2.20. The van der Waals surface area contributed by atoms with E-state index < -0.39 is 0 Å². The summed E-state index contributed by atoms with van der Waals surface area (Å²) in [5.41, 5.74) is 4.57. The van der Waals surface area contributed by atoms with Gasteiger partial charge in [0.25, 0.3) is 5.24 Å². The molecule has 144 valence electrons. The Morgan fingerprint density at radius 1 is 1.11 bits per heavy atom. The summed E-state index contributed by atoms with van der Waals surface area (Å²) in [5, 5.41) is 3.06. The maximum absolute atomic E-state index is 12.5. The van der Waals surface area contributed by atoms with E-state index >= 15 is 0 Å². The summed E-state index contributed by atoms with van der Waals surface area (Å²) in [6.45, 7) is 6.63. The lowest BCUT2D eigenvalue weighted by Crippen LogP contribution is -2.13. The summed E-state index contributed by atoms with van der Waals surface area (Å²) in [4.78, 5) is 17.1. The van der Waals surface area contributed by atoms with Gasteiger partial charge in [0.05, 0.1) is 11.4 Å². The molecule has 1 aliphatic carbocycles. The van der Waals surface area contributed by atoms with Crippen molar-refractivity contribution >= 4 is 22.7 Å². The average molecular weight is 383 g/mol. The monoisotopic (exact) mass is 382 g/mol. The predicted octanol–water partition coefficient (Wildman–Crippen LogP) is 6.89. The maximum atomic E-state index is 12.5. The molecule has 0 unspecified atom stereocenters. The van der Waals surface area contributed by atoms with Gasteiger partial charge in [0.2, 0.25) is 0 Å². The van der Waals surface area contributed by atoms with Gasteiger partial charge in [0, 0.05) is 17.9 Å². The van der Waals surface area contributed by atoms with Crippen molar-refractivity contribution in [3.05, 3.63) is 59.4 Å². The molecule has 4 heteroatoms. The topological polar surface area (TPSA) is 42.0 Å². The molecule has 1 amide bonds. The first-order valence-electron chi connectivity index (χ1n) is 9.91. The third kappa shape index (κ3) is 5.58. The number of pyridine rings is 1. The van der Waals surface area contributed by atoms with Gasteiger partial charge in [-0.1, -0.05) is 76.1 Å². The van der Waals surface area contributed by atoms with E-state index in [9.17, 15) is 4.79 Å². The van der Waals surface area contributed by atoms with Crippen molar-refractivity contribution in [3.63, 3.8) is 0 Å². The minimum Gasteiger partial charge on any atom is -0.315 e. The first-order valence-corrected chi connectivity index (χ1v) is 10.9. The molecule has 0 aliphatic heterocycles. The average Bonchev–Trinajstić information content (AvgIpc) is 2.67. The quantitative estimate of drug-likeness (QED) is 0.626. The van der Waals surface area contributed by atoms with E-state index in [1.54, 1.807) is 0 Å². The fourth-order valence-electron chi connectivity index (χ4n) is 3.62. The standard InChI is InChI=1S/C23H30N2OS/c1-23(2,3)19-13-11-17(12-14-19)16-27-22(26)25-20-10-7-15-24-21(20)18-8-5-4-6-9-18/h7,10-15,18H,4-6,8-9,16H2,1-3H3,(H,25,26). The molecule has 27 heavy (non-hydrogen) atoms. The van der Waals surface area contributed by atoms with Crippen LogP contribution < -0.4 is 5.32 Å². The van der Waals surface area contributed by atoms with Gasteiger partial charge in [-0.25, -0.2) is 0 Å². The summed E-state index contributed by atoms with van der Waals surface area (Å²) in [6.07, 6.45) is 8.01. The normalized spacial score (nSPS) is 15.5. The van der Waals surface area contributed by atoms with Crippen molar-refractivity contribution in [1.29, 1.82) is 0 Å². The number of hydrogen-bond donors (Lipinski definition) is 1. The first-order chi connectivity index (χ1) is 12.9. The number of nitrogens with one attached hydrogen (secondary N) is 1. The molecule has 0 saturated heterocycles. The molecule has 1 heterocycles. The minimum absolute atomic E-state index is 0.0139. The molecule has 0 bridgehead atoms. The van der Waals surface area contributed by atoms with Crippen LogP contribution in [0.2, 0.25) is 0 Å². The van der Waals surface area contributed by atoms with Gasteiger partial charge in [-0.05, 0) is 41.5 Å². The van der Waals surface area contributed by atoms with Crippen molar-refractivity contribution in [2.24, 2.45) is 0 Å². The summed E-state index contributed by atoms with van der Waals surface area (Å²) < 4.78 is 0. The second-order valence-corrected chi connectivity index (χ2v) is 9.37. The van der Waals surface area contributed by atoms with Gasteiger partial charge in [-0.15, -0.1) is 0 Å². The van der Waals surface area contributed by atoms with Gasteiger partial charge in [-0.2, -0.15) is 0 Å². The van der Waals surface area contributed by atoms with Crippen molar-refractivity contribution < 1.29 is 4.79 Å². The molecule has 0 radical (unpaired) electrons. The van der Waals surface area contributed by atoms with E-state index in [1.807, 2.05) is 18.3 Å². The van der Waals surface area contributed by atoms with Crippen LogP contribution in [0.25, 0.3) is 0 Å². The number of carbonyl (C=O) groups excluding carboxylic acids is 1. The zero-order chi connectivity index (χ0) is 19.3. The molecule has 1 aliphatic rings. The number of amides is 1. The first kappa shape index (κ1) is 19.9. The van der Waals surface area contributed by atoms with Crippen molar-refractivity contribution in [2.45, 2.75) is 70.0 Å². The fourth-order valence-corrected chi connectivity index (χ4v) is 4.29. The van der Waals surface area contributed by atoms with Crippen LogP contribution in [0, 0.1) is 0 Å². The number of benzene rings is 1. The van der Waals surface area contributed by atoms with Crippen LogP contribution in [0.5, 0.6) is 0 Å². The van der Waals surface area contributed by atoms with E-state index in [0.29, 0.717) is 11.7 Å². The molecule has 1 aromatic carbocycles. The number of nitrogens with zero attached hydrogens (tertiary/aromatic N) is 1. The van der Waals surface area contributed by atoms with E-state index in [-0.39, 0.29) is 10.7 Å². The maximum Gasteiger partial charge on any atom is 0.283 e. The van der Waals surface area contributed by atoms with Gasteiger partial charge in [-0.3, -0.25) is 9.78 Å². The lowest BCUT2D eigenvalue weighted by Gasteiger charge is -2.23. The molecular formula is C23H30N2OS. The molecule has 1 N–H and O–H groups in total. The zero-order valence-corrected chi connectivity index (χ0v) is 17.4. The molecule has 1 fully saturated rings. The summed E-state index contributed by atoms with van der Waals surface area (Å²) >= 11 is 1.32. The van der Waals surface area contributed by atoms with Crippen LogP contribution in [-0.4, -0.2) is 10.2 Å². The molecule has 0 atom stereocenters. The van der Waals surface area contributed by atoms with Crippen molar-refractivity contribution in [2.75, 3.05) is 5.32 Å². The summed E-state index contributed by atoms with van der Waals surface area (Å²) in [7, 11) is 0. The van der Waals surface area contributed by atoms with Crippen LogP contribution in [0.3, 0.4) is 0 Å². The van der Waals surface area contributed by atoms with Gasteiger partial charge >= 0.3 is 0 Å². The molecule has 1 aromatic heterocycles. The second-order valence-electron chi connectivity index (χ2n) is 8.42. The van der Waals surface area contributed by atoms with Crippen molar-refractivity contribution in [3.8, 4) is 0 Å². The number of aromatic nitrogens is 1. The van der Waals surface area contributed by atoms with Crippen LogP contribution in [-0.2, 0) is 11.2 Å². The molecule has 3 rings (SSSR count). The van der Waals surface area contributed by atoms with E-state index in [1.165, 1.54) is 55.0 Å². The molecular weight excluding hydrogens is 352 g/mol. The number of rotatable bonds is 4. The van der Waals surface area contributed by atoms with E-state index in [2.05, 4.69) is 55.3 Å². The smallest absolute Gasteiger partial charge is 0.283 e. The van der Waals surface area contributed by atoms with Crippen molar-refractivity contribution in [1.82, 2.24) is 4.98 Å². The van der Waals surface area contributed by atoms with Gasteiger partial charge in [0.15, 0.2) is 0 Å². The Kier molecular flexibility index (Phi) is 6.59. The number of thioether (sulfide) groups is 1. The Morgan fingerprint density at radius 3 is 2.48 bits per heavy atom. The van der Waals surface area contributed by atoms with E-state index in [4.69, 9.17) is 0 Å². The summed E-state index contributed by atoms with van der Waals surface area (Å²) in [6, 6.07) is 12.5. The lowest BCUT2D eigenvalue weighted by molar-refractivity contribution is 0.269. The van der Waals surface area contributed by atoms with Crippen LogP contribution in [0.1, 0.15) is 75.6 Å². The SMILES string of the molecule is CC(C)(C)c1ccc(CSC(=O)Nc2cccnc2C2CCCCC2)cc1. The van der Waals surface area contributed by atoms with Crippen LogP contribution in [0.15, 0.2) is 42.6 Å². The summed E-state index contributed by atoms with van der Waals surface area (Å²) in [5.74, 6) is 1.15. The molecule has 2 aromatic rings. The lowest BCUT2D eigenvalue weighted by atomic mass is 9.86. The third-order valence-corrected chi connectivity index (χ3v) is 6.10. The molecule has 3 nitrogen and oxygen atoms in total. The third-order valence-electron chi connectivity index (χ3n) is 5.26. The molecule has 0 spiro atoms. The second kappa shape index (κ2) is 8.92. The van der Waals surface area contributed by atoms with Gasteiger partial charge < -0.3 is 5.32 Å². The fraction of sp³-hybridized carbons (Fsp3) is 0.478. The Labute approximate surface area is 167 Å². The van der Waals surface area contributed by atoms with Gasteiger partial charge in [0.1, 0.15) is 0 Å². The Bertz CT molecular complexity index is 759. The largest absolute Gasteiger partial charge is 0.315 e. The Morgan fingerprint density at radius 2 is 1.81 bits per heavy atom. The Balaban J connectivity index is 1.58. The number of anilines is 1. The molecule has 1 saturated carbocycles. The number of hydrogen-bond acceptors (Lipinski definition) is 3. The zero-order valence-electron chi connectivity index (χ0n) is 16.6. The van der Waals surface area contributed by atoms with Crippen LogP contribution in [0.4, 0.5) is 10.5 Å². The number of carbonyl (C=O) groups is 1. The highest BCUT2D eigenvalue weighted by atomic mass is 32.2. The predicted molar refractivity (Wildman–Crippen MR) is 116 cm³/mol. The van der Waals surface area contributed by atoms with Crippen LogP contribution >= 0.6 is 11.8 Å². The Hall–Kier alpha value is -1.81. The minimum atomic E-state index is -0.0139. The highest BCUT2D eigenvalue weighted by Crippen LogP contribution is 2.35. The van der Waals surface area contributed by atoms with E-state index in [0.717, 1.165) is 11.4 Å².